The van der Waals surface area contributed by atoms with Gasteiger partial charge in [0.25, 0.3) is 5.91 Å². The van der Waals surface area contributed by atoms with Crippen molar-refractivity contribution in [2.45, 2.75) is 13.1 Å². The summed E-state index contributed by atoms with van der Waals surface area (Å²) in [7, 11) is 0. The smallest absolute Gasteiger partial charge is 0.315 e. The third-order valence-corrected chi connectivity index (χ3v) is 5.50. The molecule has 3 aromatic carbocycles. The fraction of sp³-hybridized carbons (Fsp3) is 0.160. The van der Waals surface area contributed by atoms with Gasteiger partial charge in [-0.05, 0) is 35.4 Å². The number of nitrogens with one attached hydrogen (secondary N) is 3. The lowest BCUT2D eigenvalue weighted by Crippen LogP contribution is -2.40. The molecule has 0 radical (unpaired) electrons. The summed E-state index contributed by atoms with van der Waals surface area (Å²) in [4.78, 5) is 28.5. The third kappa shape index (κ3) is 5.90. The molecule has 168 valence electrons. The summed E-state index contributed by atoms with van der Waals surface area (Å²) in [6.07, 6.45) is 1.85. The van der Waals surface area contributed by atoms with Gasteiger partial charge in [0.1, 0.15) is 0 Å². The highest BCUT2D eigenvalue weighted by Crippen LogP contribution is 2.15. The molecule has 7 nitrogen and oxygen atoms in total. The van der Waals surface area contributed by atoms with Gasteiger partial charge in [0.2, 0.25) is 0 Å². The van der Waals surface area contributed by atoms with Crippen molar-refractivity contribution in [1.82, 2.24) is 25.5 Å². The van der Waals surface area contributed by atoms with Gasteiger partial charge < -0.3 is 20.5 Å². The van der Waals surface area contributed by atoms with E-state index in [-0.39, 0.29) is 11.9 Å². The van der Waals surface area contributed by atoms with Crippen LogP contribution < -0.4 is 16.0 Å². The molecule has 0 saturated carbocycles. The van der Waals surface area contributed by atoms with E-state index in [2.05, 4.69) is 31.6 Å². The predicted molar refractivity (Wildman–Crippen MR) is 129 cm³/mol. The van der Waals surface area contributed by atoms with Crippen molar-refractivity contribution in [2.75, 3.05) is 13.1 Å². The number of amides is 3. The van der Waals surface area contributed by atoms with E-state index < -0.39 is 0 Å². The van der Waals surface area contributed by atoms with E-state index in [9.17, 15) is 9.59 Å². The molecule has 0 aliphatic rings. The molecule has 4 rings (SSSR count). The maximum absolute atomic E-state index is 12.1. The number of urea groups is 1. The first-order valence-corrected chi connectivity index (χ1v) is 11.0. The zero-order valence-corrected chi connectivity index (χ0v) is 18.7. The maximum Gasteiger partial charge on any atom is 0.315 e. The van der Waals surface area contributed by atoms with Gasteiger partial charge in [0.05, 0.1) is 27.9 Å². The molecule has 1 heterocycles. The Morgan fingerprint density at radius 1 is 0.818 bits per heavy atom. The minimum Gasteiger partial charge on any atom is -0.350 e. The van der Waals surface area contributed by atoms with Gasteiger partial charge in [0.15, 0.2) is 0 Å². The Labute approximate surface area is 196 Å². The first-order chi connectivity index (χ1) is 16.1. The Morgan fingerprint density at radius 2 is 1.52 bits per heavy atom. The van der Waals surface area contributed by atoms with Crippen LogP contribution in [0.1, 0.15) is 21.5 Å². The molecule has 0 aliphatic carbocycles. The van der Waals surface area contributed by atoms with Crippen LogP contribution >= 0.6 is 11.6 Å². The van der Waals surface area contributed by atoms with Crippen molar-refractivity contribution < 1.29 is 9.59 Å². The van der Waals surface area contributed by atoms with E-state index in [0.717, 1.165) is 28.7 Å². The predicted octanol–water partition coefficient (Wildman–Crippen LogP) is 3.97. The van der Waals surface area contributed by atoms with Gasteiger partial charge in [-0.2, -0.15) is 0 Å². The maximum atomic E-state index is 12.1. The number of halogens is 1. The Bertz CT molecular complexity index is 1250. The summed E-state index contributed by atoms with van der Waals surface area (Å²) in [5.41, 5.74) is 4.64. The Balaban J connectivity index is 1.18. The lowest BCUT2D eigenvalue weighted by Gasteiger charge is -2.10. The Morgan fingerprint density at radius 3 is 2.33 bits per heavy atom. The van der Waals surface area contributed by atoms with Crippen molar-refractivity contribution in [3.63, 3.8) is 0 Å². The monoisotopic (exact) mass is 461 g/mol. The lowest BCUT2D eigenvalue weighted by atomic mass is 10.1. The molecule has 4 aromatic rings. The van der Waals surface area contributed by atoms with Crippen molar-refractivity contribution in [2.24, 2.45) is 0 Å². The van der Waals surface area contributed by atoms with Crippen LogP contribution in [-0.2, 0) is 13.1 Å². The highest BCUT2D eigenvalue weighted by Gasteiger charge is 2.09. The quantitative estimate of drug-likeness (QED) is 0.347. The fourth-order valence-corrected chi connectivity index (χ4v) is 3.65. The van der Waals surface area contributed by atoms with E-state index in [1.165, 1.54) is 0 Å². The molecule has 0 saturated heterocycles. The number of benzene rings is 3. The second-order valence-corrected chi connectivity index (χ2v) is 7.93. The number of carbonyl (C=O) groups excluding carboxylic acids is 2. The average molecular weight is 462 g/mol. The number of carbonyl (C=O) groups is 2. The number of nitrogens with zero attached hydrogens (tertiary/aromatic N) is 2. The first-order valence-electron chi connectivity index (χ1n) is 10.6. The van der Waals surface area contributed by atoms with Crippen molar-refractivity contribution in [3.05, 3.63) is 101 Å². The van der Waals surface area contributed by atoms with Crippen LogP contribution in [0.15, 0.2) is 79.1 Å². The number of hydrogen-bond acceptors (Lipinski definition) is 3. The second-order valence-electron chi connectivity index (χ2n) is 7.52. The van der Waals surface area contributed by atoms with Crippen LogP contribution in [0.4, 0.5) is 4.79 Å². The topological polar surface area (TPSA) is 88.0 Å². The summed E-state index contributed by atoms with van der Waals surface area (Å²) >= 11 is 6.01. The molecular formula is C25H24ClN5O2. The minimum absolute atomic E-state index is 0.272. The lowest BCUT2D eigenvalue weighted by molar-refractivity contribution is 0.0954. The van der Waals surface area contributed by atoms with Crippen molar-refractivity contribution in [1.29, 1.82) is 0 Å². The molecule has 8 heteroatoms. The van der Waals surface area contributed by atoms with Crippen LogP contribution in [0.3, 0.4) is 0 Å². The molecule has 0 aliphatic heterocycles. The first kappa shape index (κ1) is 22.4. The van der Waals surface area contributed by atoms with Crippen LogP contribution in [0, 0.1) is 0 Å². The fourth-order valence-electron chi connectivity index (χ4n) is 3.43. The highest BCUT2D eigenvalue weighted by molar-refractivity contribution is 6.33. The molecule has 33 heavy (non-hydrogen) atoms. The minimum atomic E-state index is -0.295. The molecule has 0 unspecified atom stereocenters. The normalized spacial score (nSPS) is 10.7. The molecule has 1 aromatic heterocycles. The molecule has 0 atom stereocenters. The van der Waals surface area contributed by atoms with E-state index in [1.807, 2.05) is 48.8 Å². The zero-order chi connectivity index (χ0) is 23.0. The molecule has 3 amide bonds. The van der Waals surface area contributed by atoms with Crippen LogP contribution in [0.5, 0.6) is 0 Å². The molecule has 0 spiro atoms. The van der Waals surface area contributed by atoms with Gasteiger partial charge in [-0.1, -0.05) is 60.1 Å². The standard InChI is InChI=1S/C25H24ClN5O2/c26-21-6-2-1-5-20(21)24(32)27-13-14-28-25(33)29-15-18-9-11-19(12-10-18)16-31-17-30-22-7-3-4-8-23(22)31/h1-12,17H,13-16H2,(H,27,32)(H2,28,29,33). The van der Waals surface area contributed by atoms with E-state index >= 15 is 0 Å². The SMILES string of the molecule is O=C(NCCNC(=O)c1ccccc1Cl)NCc1ccc(Cn2cnc3ccccc32)cc1. The number of rotatable bonds is 8. The summed E-state index contributed by atoms with van der Waals surface area (Å²) in [6.45, 7) is 1.75. The van der Waals surface area contributed by atoms with E-state index in [0.29, 0.717) is 30.2 Å². The molecule has 0 bridgehead atoms. The number of fused-ring (bicyclic) bond motifs is 1. The zero-order valence-electron chi connectivity index (χ0n) is 17.9. The van der Waals surface area contributed by atoms with Gasteiger partial charge in [-0.15, -0.1) is 0 Å². The van der Waals surface area contributed by atoms with E-state index in [1.54, 1.807) is 24.3 Å². The van der Waals surface area contributed by atoms with Crippen molar-refractivity contribution >= 4 is 34.6 Å². The highest BCUT2D eigenvalue weighted by atomic mass is 35.5. The average Bonchev–Trinajstić information content (AvgIpc) is 3.24. The molecule has 0 fully saturated rings. The van der Waals surface area contributed by atoms with Crippen molar-refractivity contribution in [3.8, 4) is 0 Å². The van der Waals surface area contributed by atoms with Gasteiger partial charge in [-0.3, -0.25) is 4.79 Å². The molecular weight excluding hydrogens is 438 g/mol. The van der Waals surface area contributed by atoms with Crippen LogP contribution in [0.2, 0.25) is 5.02 Å². The second kappa shape index (κ2) is 10.7. The Hall–Kier alpha value is -3.84. The summed E-state index contributed by atoms with van der Waals surface area (Å²) in [5, 5.41) is 8.67. The van der Waals surface area contributed by atoms with Crippen LogP contribution in [-0.4, -0.2) is 34.6 Å². The number of hydrogen-bond donors (Lipinski definition) is 3. The van der Waals surface area contributed by atoms with Gasteiger partial charge in [-0.25, -0.2) is 9.78 Å². The van der Waals surface area contributed by atoms with Gasteiger partial charge in [0, 0.05) is 26.2 Å². The number of aromatic nitrogens is 2. The summed E-state index contributed by atoms with van der Waals surface area (Å²) < 4.78 is 2.11. The summed E-state index contributed by atoms with van der Waals surface area (Å²) in [5.74, 6) is -0.272. The largest absolute Gasteiger partial charge is 0.350 e. The van der Waals surface area contributed by atoms with Crippen LogP contribution in [0.25, 0.3) is 11.0 Å². The molecule has 3 N–H and O–H groups in total. The third-order valence-electron chi connectivity index (χ3n) is 5.17. The Kier molecular flexibility index (Phi) is 7.22. The summed E-state index contributed by atoms with van der Waals surface area (Å²) in [6, 6.07) is 22.7. The number of imidazole rings is 1. The number of para-hydroxylation sites is 2. The van der Waals surface area contributed by atoms with E-state index in [4.69, 9.17) is 11.6 Å². The van der Waals surface area contributed by atoms with Gasteiger partial charge >= 0.3 is 6.03 Å².